The number of nitrogens with zero attached hydrogens (tertiary/aromatic N) is 4. The molecular formula is C16H12BrClF3N5O2. The van der Waals surface area contributed by atoms with Gasteiger partial charge in [-0.2, -0.15) is 23.4 Å². The number of amides is 1. The predicted molar refractivity (Wildman–Crippen MR) is 98.2 cm³/mol. The van der Waals surface area contributed by atoms with Crippen LogP contribution in [0.3, 0.4) is 0 Å². The number of benzene rings is 1. The lowest BCUT2D eigenvalue weighted by atomic mass is 10.3. The fourth-order valence-corrected chi connectivity index (χ4v) is 3.26. The van der Waals surface area contributed by atoms with Gasteiger partial charge in [-0.3, -0.25) is 9.48 Å². The van der Waals surface area contributed by atoms with Crippen LogP contribution in [0, 0.1) is 0 Å². The van der Waals surface area contributed by atoms with Crippen molar-refractivity contribution in [1.82, 2.24) is 19.6 Å². The molecule has 0 bridgehead atoms. The van der Waals surface area contributed by atoms with E-state index in [9.17, 15) is 18.0 Å². The fourth-order valence-electron chi connectivity index (χ4n) is 2.34. The zero-order valence-electron chi connectivity index (χ0n) is 14.2. The van der Waals surface area contributed by atoms with Crippen LogP contribution in [0.5, 0.6) is 5.75 Å². The molecule has 3 rings (SSSR count). The summed E-state index contributed by atoms with van der Waals surface area (Å²) >= 11 is 8.67. The van der Waals surface area contributed by atoms with Crippen LogP contribution in [-0.2, 0) is 20.0 Å². The number of halogens is 5. The highest BCUT2D eigenvalue weighted by Gasteiger charge is 2.39. The zero-order chi connectivity index (χ0) is 20.5. The summed E-state index contributed by atoms with van der Waals surface area (Å²) < 4.78 is 46.1. The number of alkyl halides is 3. The summed E-state index contributed by atoms with van der Waals surface area (Å²) in [7, 11) is 1.11. The Kier molecular flexibility index (Phi) is 5.66. The standard InChI is InChI=1S/C16H12BrClF3N5O2/c1-25-14(16(19,20)21)12(17)13(24-25)15(27)23-10-6-22-26(7-10)8-28-11-4-2-3-9(18)5-11/h2-7H,8H2,1H3,(H,23,27). The average Bonchev–Trinajstić information content (AvgIpc) is 3.16. The van der Waals surface area contributed by atoms with Crippen molar-refractivity contribution < 1.29 is 22.7 Å². The third-order valence-electron chi connectivity index (χ3n) is 3.52. The largest absolute Gasteiger partial charge is 0.471 e. The number of rotatable bonds is 5. The molecule has 0 radical (unpaired) electrons. The van der Waals surface area contributed by atoms with E-state index in [1.54, 1.807) is 24.3 Å². The van der Waals surface area contributed by atoms with Gasteiger partial charge in [0.05, 0.1) is 22.6 Å². The van der Waals surface area contributed by atoms with Gasteiger partial charge in [0.2, 0.25) is 0 Å². The molecule has 0 aliphatic rings. The molecule has 12 heteroatoms. The molecule has 148 valence electrons. The number of ether oxygens (including phenoxy) is 1. The van der Waals surface area contributed by atoms with Crippen molar-refractivity contribution in [2.24, 2.45) is 7.05 Å². The first-order chi connectivity index (χ1) is 13.1. The minimum atomic E-state index is -4.65. The molecule has 0 saturated heterocycles. The van der Waals surface area contributed by atoms with E-state index in [1.807, 2.05) is 0 Å². The molecule has 0 saturated carbocycles. The van der Waals surface area contributed by atoms with Crippen molar-refractivity contribution in [3.63, 3.8) is 0 Å². The smallest absolute Gasteiger partial charge is 0.434 e. The molecule has 0 fully saturated rings. The molecule has 3 aromatic rings. The predicted octanol–water partition coefficient (Wildman–Crippen LogP) is 4.34. The monoisotopic (exact) mass is 477 g/mol. The highest BCUT2D eigenvalue weighted by Crippen LogP contribution is 2.36. The van der Waals surface area contributed by atoms with Crippen LogP contribution in [0.1, 0.15) is 16.2 Å². The third-order valence-corrected chi connectivity index (χ3v) is 4.51. The van der Waals surface area contributed by atoms with Gasteiger partial charge in [0.15, 0.2) is 18.1 Å². The number of carbonyl (C=O) groups excluding carboxylic acids is 1. The number of anilines is 1. The Balaban J connectivity index is 1.67. The van der Waals surface area contributed by atoms with Crippen molar-refractivity contribution in [3.8, 4) is 5.75 Å². The van der Waals surface area contributed by atoms with Crippen LogP contribution < -0.4 is 10.1 Å². The molecule has 2 aromatic heterocycles. The molecule has 2 heterocycles. The highest BCUT2D eigenvalue weighted by molar-refractivity contribution is 9.10. The molecule has 0 spiro atoms. The van der Waals surface area contributed by atoms with E-state index in [1.165, 1.54) is 17.1 Å². The number of nitrogens with one attached hydrogen (secondary N) is 1. The van der Waals surface area contributed by atoms with Crippen LogP contribution >= 0.6 is 27.5 Å². The first-order valence-corrected chi connectivity index (χ1v) is 8.84. The van der Waals surface area contributed by atoms with E-state index in [0.29, 0.717) is 15.5 Å². The lowest BCUT2D eigenvalue weighted by Crippen LogP contribution is -2.13. The summed E-state index contributed by atoms with van der Waals surface area (Å²) in [6.45, 7) is 0.0434. The van der Waals surface area contributed by atoms with Gasteiger partial charge in [-0.15, -0.1) is 0 Å². The molecule has 0 atom stereocenters. The van der Waals surface area contributed by atoms with Gasteiger partial charge < -0.3 is 10.1 Å². The van der Waals surface area contributed by atoms with E-state index in [4.69, 9.17) is 16.3 Å². The topological polar surface area (TPSA) is 74.0 Å². The summed E-state index contributed by atoms with van der Waals surface area (Å²) in [6.07, 6.45) is -1.85. The molecule has 0 aliphatic heterocycles. The van der Waals surface area contributed by atoms with Crippen molar-refractivity contribution in [1.29, 1.82) is 0 Å². The molecule has 1 N–H and O–H groups in total. The van der Waals surface area contributed by atoms with Crippen molar-refractivity contribution in [3.05, 3.63) is 57.5 Å². The van der Waals surface area contributed by atoms with Crippen molar-refractivity contribution in [2.45, 2.75) is 12.9 Å². The van der Waals surface area contributed by atoms with Crippen LogP contribution in [0.15, 0.2) is 41.1 Å². The van der Waals surface area contributed by atoms with E-state index in [2.05, 4.69) is 31.4 Å². The van der Waals surface area contributed by atoms with E-state index >= 15 is 0 Å². The lowest BCUT2D eigenvalue weighted by Gasteiger charge is -2.06. The molecule has 0 unspecified atom stereocenters. The van der Waals surface area contributed by atoms with Crippen molar-refractivity contribution in [2.75, 3.05) is 5.32 Å². The van der Waals surface area contributed by atoms with Gasteiger partial charge in [-0.1, -0.05) is 17.7 Å². The van der Waals surface area contributed by atoms with Gasteiger partial charge in [0.25, 0.3) is 5.91 Å². The minimum absolute atomic E-state index is 0.0434. The maximum absolute atomic E-state index is 13.0. The zero-order valence-corrected chi connectivity index (χ0v) is 16.5. The van der Waals surface area contributed by atoms with Crippen LogP contribution in [0.25, 0.3) is 0 Å². The summed E-state index contributed by atoms with van der Waals surface area (Å²) in [6, 6.07) is 6.78. The first kappa shape index (κ1) is 20.2. The molecule has 7 nitrogen and oxygen atoms in total. The van der Waals surface area contributed by atoms with Crippen LogP contribution in [0.2, 0.25) is 5.02 Å². The fraction of sp³-hybridized carbons (Fsp3) is 0.188. The Bertz CT molecular complexity index is 1020. The van der Waals surface area contributed by atoms with Gasteiger partial charge in [0.1, 0.15) is 5.75 Å². The normalized spacial score (nSPS) is 11.5. The second-order valence-corrected chi connectivity index (χ2v) is 6.82. The minimum Gasteiger partial charge on any atom is -0.471 e. The Morgan fingerprint density at radius 2 is 2.14 bits per heavy atom. The first-order valence-electron chi connectivity index (χ1n) is 7.67. The second kappa shape index (κ2) is 7.84. The van der Waals surface area contributed by atoms with Gasteiger partial charge >= 0.3 is 6.18 Å². The Morgan fingerprint density at radius 1 is 1.39 bits per heavy atom. The van der Waals surface area contributed by atoms with Crippen LogP contribution in [-0.4, -0.2) is 25.5 Å². The third kappa shape index (κ3) is 4.47. The van der Waals surface area contributed by atoms with E-state index < -0.39 is 27.9 Å². The van der Waals surface area contributed by atoms with Crippen molar-refractivity contribution >= 4 is 39.1 Å². The quantitative estimate of drug-likeness (QED) is 0.592. The Hall–Kier alpha value is -2.53. The molecule has 28 heavy (non-hydrogen) atoms. The average molecular weight is 479 g/mol. The Morgan fingerprint density at radius 3 is 2.79 bits per heavy atom. The maximum atomic E-state index is 13.0. The van der Waals surface area contributed by atoms with Crippen LogP contribution in [0.4, 0.5) is 18.9 Å². The SMILES string of the molecule is Cn1nc(C(=O)Nc2cnn(COc3cccc(Cl)c3)c2)c(Br)c1C(F)(F)F. The Labute approximate surface area is 170 Å². The summed E-state index contributed by atoms with van der Waals surface area (Å²) in [5, 5.41) is 10.6. The van der Waals surface area contributed by atoms with Gasteiger partial charge in [-0.25, -0.2) is 4.68 Å². The second-order valence-electron chi connectivity index (χ2n) is 5.59. The number of hydrogen-bond acceptors (Lipinski definition) is 4. The molecular weight excluding hydrogens is 467 g/mol. The highest BCUT2D eigenvalue weighted by atomic mass is 79.9. The number of aryl methyl sites for hydroxylation is 1. The van der Waals surface area contributed by atoms with Gasteiger partial charge in [-0.05, 0) is 34.1 Å². The number of hydrogen-bond donors (Lipinski definition) is 1. The maximum Gasteiger partial charge on any atom is 0.434 e. The lowest BCUT2D eigenvalue weighted by molar-refractivity contribution is -0.144. The summed E-state index contributed by atoms with van der Waals surface area (Å²) in [5.74, 6) is -0.279. The summed E-state index contributed by atoms with van der Waals surface area (Å²) in [5.41, 5.74) is -1.17. The van der Waals surface area contributed by atoms with E-state index in [0.717, 1.165) is 7.05 Å². The number of aromatic nitrogens is 4. The molecule has 0 aliphatic carbocycles. The summed E-state index contributed by atoms with van der Waals surface area (Å²) in [4.78, 5) is 12.3. The number of carbonyl (C=O) groups is 1. The molecule has 1 aromatic carbocycles. The van der Waals surface area contributed by atoms with Gasteiger partial charge in [0, 0.05) is 12.1 Å². The van der Waals surface area contributed by atoms with E-state index in [-0.39, 0.29) is 12.4 Å². The molecule has 1 amide bonds.